The average Bonchev–Trinajstić information content (AvgIpc) is 2.68. The number of rotatable bonds is 4. The van der Waals surface area contributed by atoms with Crippen LogP contribution in [0.5, 0.6) is 0 Å². The second-order valence-corrected chi connectivity index (χ2v) is 3.91. The second kappa shape index (κ2) is 8.97. The Hall–Kier alpha value is -0.610. The fraction of sp³-hybridized carbons (Fsp3) is 0.556. The van der Waals surface area contributed by atoms with Crippen molar-refractivity contribution in [3.63, 3.8) is 0 Å². The molecule has 0 N–H and O–H groups in total. The Kier molecular flexibility index (Phi) is 8.57. The molecule has 0 saturated carbocycles. The zero-order chi connectivity index (χ0) is 10.8. The molecule has 0 fully saturated rings. The molecule has 80 valence electrons. The summed E-state index contributed by atoms with van der Waals surface area (Å²) in [5.41, 5.74) is 0. The molecular formula is C9H14ClNO2S. The molecule has 1 rings (SSSR count). The van der Waals surface area contributed by atoms with E-state index in [2.05, 4.69) is 6.92 Å². The van der Waals surface area contributed by atoms with Gasteiger partial charge in [0.1, 0.15) is 0 Å². The first-order valence-electron chi connectivity index (χ1n) is 4.46. The molecule has 0 bridgehead atoms. The monoisotopic (exact) mass is 235 g/mol. The van der Waals surface area contributed by atoms with E-state index < -0.39 is 4.92 Å². The van der Waals surface area contributed by atoms with Crippen LogP contribution in [-0.4, -0.2) is 10.8 Å². The lowest BCUT2D eigenvalue weighted by Gasteiger charge is -1.84. The lowest BCUT2D eigenvalue weighted by Crippen LogP contribution is -1.80. The van der Waals surface area contributed by atoms with Gasteiger partial charge < -0.3 is 0 Å². The molecule has 0 unspecified atom stereocenters. The smallest absolute Gasteiger partial charge is 0.258 e. The van der Waals surface area contributed by atoms with E-state index in [-0.39, 0.29) is 5.00 Å². The molecule has 1 heterocycles. The number of nitrogens with zero attached hydrogens (tertiary/aromatic N) is 1. The largest absolute Gasteiger partial charge is 0.324 e. The highest BCUT2D eigenvalue weighted by atomic mass is 35.5. The Morgan fingerprint density at radius 2 is 2.29 bits per heavy atom. The van der Waals surface area contributed by atoms with Crippen molar-refractivity contribution in [1.82, 2.24) is 0 Å². The van der Waals surface area contributed by atoms with Crippen LogP contribution in [0.4, 0.5) is 5.00 Å². The average molecular weight is 236 g/mol. The first-order chi connectivity index (χ1) is 6.72. The molecule has 0 radical (unpaired) electrons. The van der Waals surface area contributed by atoms with Gasteiger partial charge in [0.2, 0.25) is 0 Å². The van der Waals surface area contributed by atoms with Crippen LogP contribution in [0.3, 0.4) is 0 Å². The van der Waals surface area contributed by atoms with Crippen LogP contribution >= 0.6 is 22.9 Å². The molecule has 1 aromatic heterocycles. The summed E-state index contributed by atoms with van der Waals surface area (Å²) in [6, 6.07) is 3.13. The van der Waals surface area contributed by atoms with Crippen LogP contribution in [0, 0.1) is 10.1 Å². The molecule has 0 atom stereocenters. The van der Waals surface area contributed by atoms with Crippen LogP contribution in [0.1, 0.15) is 26.2 Å². The molecule has 0 aliphatic rings. The van der Waals surface area contributed by atoms with Crippen LogP contribution < -0.4 is 0 Å². The maximum atomic E-state index is 9.88. The molecule has 0 spiro atoms. The van der Waals surface area contributed by atoms with E-state index in [1.165, 1.54) is 25.3 Å². The van der Waals surface area contributed by atoms with Gasteiger partial charge in [-0.05, 0) is 17.9 Å². The van der Waals surface area contributed by atoms with Gasteiger partial charge >= 0.3 is 5.00 Å². The summed E-state index contributed by atoms with van der Waals surface area (Å²) in [7, 11) is 0. The lowest BCUT2D eigenvalue weighted by molar-refractivity contribution is -0.380. The van der Waals surface area contributed by atoms with Gasteiger partial charge in [-0.3, -0.25) is 10.1 Å². The van der Waals surface area contributed by atoms with Crippen molar-refractivity contribution in [2.75, 3.05) is 5.88 Å². The fourth-order valence-corrected chi connectivity index (χ4v) is 1.45. The van der Waals surface area contributed by atoms with E-state index in [0.29, 0.717) is 0 Å². The van der Waals surface area contributed by atoms with Crippen molar-refractivity contribution in [2.45, 2.75) is 26.2 Å². The van der Waals surface area contributed by atoms with Crippen LogP contribution in [0.2, 0.25) is 0 Å². The maximum Gasteiger partial charge on any atom is 0.324 e. The highest BCUT2D eigenvalue weighted by Crippen LogP contribution is 2.16. The maximum absolute atomic E-state index is 9.88. The van der Waals surface area contributed by atoms with Crippen molar-refractivity contribution in [2.24, 2.45) is 0 Å². The highest BCUT2D eigenvalue weighted by molar-refractivity contribution is 7.13. The Labute approximate surface area is 92.9 Å². The van der Waals surface area contributed by atoms with Crippen molar-refractivity contribution in [3.05, 3.63) is 27.6 Å². The van der Waals surface area contributed by atoms with Crippen LogP contribution in [0.25, 0.3) is 0 Å². The minimum Gasteiger partial charge on any atom is -0.258 e. The predicted molar refractivity (Wildman–Crippen MR) is 61.2 cm³/mol. The van der Waals surface area contributed by atoms with Crippen molar-refractivity contribution in [1.29, 1.82) is 0 Å². The topological polar surface area (TPSA) is 43.1 Å². The van der Waals surface area contributed by atoms with Crippen LogP contribution in [0.15, 0.2) is 17.5 Å². The first-order valence-corrected chi connectivity index (χ1v) is 5.87. The van der Waals surface area contributed by atoms with Gasteiger partial charge in [0.15, 0.2) is 0 Å². The summed E-state index contributed by atoms with van der Waals surface area (Å²) in [4.78, 5) is 9.48. The minimum atomic E-state index is -0.398. The van der Waals surface area contributed by atoms with Gasteiger partial charge in [-0.2, -0.15) is 0 Å². The SMILES string of the molecule is CCCCCCl.O=[N+]([O-])c1cccs1. The van der Waals surface area contributed by atoms with Gasteiger partial charge in [-0.1, -0.05) is 31.1 Å². The Morgan fingerprint density at radius 3 is 2.50 bits per heavy atom. The summed E-state index contributed by atoms with van der Waals surface area (Å²) < 4.78 is 0. The molecule has 0 aliphatic carbocycles. The molecule has 5 heteroatoms. The van der Waals surface area contributed by atoms with Crippen LogP contribution in [-0.2, 0) is 0 Å². The summed E-state index contributed by atoms with van der Waals surface area (Å²) >= 11 is 6.51. The van der Waals surface area contributed by atoms with Gasteiger partial charge in [-0.25, -0.2) is 0 Å². The summed E-state index contributed by atoms with van der Waals surface area (Å²) in [5, 5.41) is 11.8. The Bertz CT molecular complexity index is 235. The molecule has 0 aromatic carbocycles. The number of thiophene rings is 1. The zero-order valence-corrected chi connectivity index (χ0v) is 9.68. The Balaban J connectivity index is 0.000000255. The van der Waals surface area contributed by atoms with E-state index in [1.807, 2.05) is 0 Å². The first kappa shape index (κ1) is 13.4. The number of alkyl halides is 1. The second-order valence-electron chi connectivity index (χ2n) is 2.60. The molecule has 14 heavy (non-hydrogen) atoms. The summed E-state index contributed by atoms with van der Waals surface area (Å²) in [6.07, 6.45) is 3.73. The standard InChI is InChI=1S/C5H11Cl.C4H3NO2S/c1-2-3-4-5-6;6-5(7)4-2-1-3-8-4/h2-5H2,1H3;1-3H. The number of nitro groups is 1. The summed E-state index contributed by atoms with van der Waals surface area (Å²) in [6.45, 7) is 2.17. The number of hydrogen-bond donors (Lipinski definition) is 0. The number of unbranched alkanes of at least 4 members (excludes halogenated alkanes) is 2. The summed E-state index contributed by atoms with van der Waals surface area (Å²) in [5.74, 6) is 0.827. The molecule has 0 aliphatic heterocycles. The van der Waals surface area contributed by atoms with E-state index in [4.69, 9.17) is 11.6 Å². The molecular weight excluding hydrogens is 222 g/mol. The van der Waals surface area contributed by atoms with Crippen molar-refractivity contribution >= 4 is 27.9 Å². The van der Waals surface area contributed by atoms with Gasteiger partial charge in [0, 0.05) is 11.9 Å². The fourth-order valence-electron chi connectivity index (χ4n) is 0.718. The molecule has 0 saturated heterocycles. The minimum absolute atomic E-state index is 0.199. The third-order valence-electron chi connectivity index (χ3n) is 1.42. The predicted octanol–water partition coefficient (Wildman–Crippen LogP) is 4.07. The van der Waals surface area contributed by atoms with E-state index >= 15 is 0 Å². The van der Waals surface area contributed by atoms with Gasteiger partial charge in [0.25, 0.3) is 0 Å². The quantitative estimate of drug-likeness (QED) is 0.342. The normalized spacial score (nSPS) is 9.00. The third-order valence-corrected chi connectivity index (χ3v) is 2.51. The third kappa shape index (κ3) is 6.86. The molecule has 1 aromatic rings. The van der Waals surface area contributed by atoms with Crippen molar-refractivity contribution in [3.8, 4) is 0 Å². The van der Waals surface area contributed by atoms with Gasteiger partial charge in [-0.15, -0.1) is 11.6 Å². The van der Waals surface area contributed by atoms with Gasteiger partial charge in [0.05, 0.1) is 4.92 Å². The van der Waals surface area contributed by atoms with E-state index in [0.717, 1.165) is 17.2 Å². The number of halogens is 1. The molecule has 0 amide bonds. The van der Waals surface area contributed by atoms with E-state index in [1.54, 1.807) is 11.4 Å². The Morgan fingerprint density at radius 1 is 1.57 bits per heavy atom. The highest BCUT2D eigenvalue weighted by Gasteiger charge is 2.01. The number of hydrogen-bond acceptors (Lipinski definition) is 3. The van der Waals surface area contributed by atoms with Crippen molar-refractivity contribution < 1.29 is 4.92 Å². The lowest BCUT2D eigenvalue weighted by atomic mass is 10.3. The zero-order valence-electron chi connectivity index (χ0n) is 8.11. The van der Waals surface area contributed by atoms with E-state index in [9.17, 15) is 10.1 Å². The molecule has 3 nitrogen and oxygen atoms in total.